The highest BCUT2D eigenvalue weighted by Crippen LogP contribution is 2.07. The summed E-state index contributed by atoms with van der Waals surface area (Å²) in [6, 6.07) is 3.74. The second-order valence-corrected chi connectivity index (χ2v) is 3.54. The van der Waals surface area contributed by atoms with Crippen LogP contribution >= 0.6 is 0 Å². The Hall–Kier alpha value is -1.62. The van der Waals surface area contributed by atoms with Crippen molar-refractivity contribution >= 4 is 0 Å². The normalized spacial score (nSPS) is 12.9. The van der Waals surface area contributed by atoms with Gasteiger partial charge in [-0.2, -0.15) is 4.98 Å². The summed E-state index contributed by atoms with van der Waals surface area (Å²) in [5, 5.41) is 3.84. The minimum absolute atomic E-state index is 0.0295. The number of furan rings is 1. The van der Waals surface area contributed by atoms with Crippen molar-refractivity contribution in [2.45, 2.75) is 25.8 Å². The molecule has 1 atom stereocenters. The molecule has 0 aromatic carbocycles. The molecule has 0 spiro atoms. The Labute approximate surface area is 87.3 Å². The van der Waals surface area contributed by atoms with E-state index in [4.69, 9.17) is 14.7 Å². The summed E-state index contributed by atoms with van der Waals surface area (Å²) in [6.07, 6.45) is 2.78. The lowest BCUT2D eigenvalue weighted by atomic mass is 10.2. The minimum atomic E-state index is 0.0295. The molecule has 0 saturated carbocycles. The van der Waals surface area contributed by atoms with Crippen LogP contribution in [0.3, 0.4) is 0 Å². The van der Waals surface area contributed by atoms with Crippen LogP contribution in [0.5, 0.6) is 0 Å². The third-order valence-corrected chi connectivity index (χ3v) is 1.92. The van der Waals surface area contributed by atoms with Crippen LogP contribution in [0.4, 0.5) is 0 Å². The monoisotopic (exact) mass is 207 g/mol. The predicted molar refractivity (Wildman–Crippen MR) is 53.2 cm³/mol. The number of rotatable bonds is 4. The van der Waals surface area contributed by atoms with Crippen molar-refractivity contribution in [2.24, 2.45) is 5.73 Å². The van der Waals surface area contributed by atoms with Crippen LogP contribution in [0.15, 0.2) is 27.3 Å². The average Bonchev–Trinajstić information content (AvgIpc) is 2.77. The van der Waals surface area contributed by atoms with Gasteiger partial charge in [-0.1, -0.05) is 5.16 Å². The fourth-order valence-electron chi connectivity index (χ4n) is 1.29. The van der Waals surface area contributed by atoms with Crippen molar-refractivity contribution in [3.63, 3.8) is 0 Å². The lowest BCUT2D eigenvalue weighted by Gasteiger charge is -1.96. The first-order chi connectivity index (χ1) is 7.24. The molecule has 1 unspecified atom stereocenters. The Morgan fingerprint density at radius 2 is 2.40 bits per heavy atom. The zero-order chi connectivity index (χ0) is 10.7. The number of nitrogens with zero attached hydrogens (tertiary/aromatic N) is 2. The van der Waals surface area contributed by atoms with E-state index < -0.39 is 0 Å². The number of hydrogen-bond acceptors (Lipinski definition) is 5. The zero-order valence-corrected chi connectivity index (χ0v) is 8.51. The Balaban J connectivity index is 2.01. The van der Waals surface area contributed by atoms with Gasteiger partial charge in [-0.3, -0.25) is 0 Å². The molecule has 2 N–H and O–H groups in total. The maximum absolute atomic E-state index is 5.62. The van der Waals surface area contributed by atoms with Gasteiger partial charge >= 0.3 is 0 Å². The van der Waals surface area contributed by atoms with Crippen molar-refractivity contribution < 1.29 is 8.94 Å². The number of hydrogen-bond donors (Lipinski definition) is 1. The number of aromatic nitrogens is 2. The van der Waals surface area contributed by atoms with Gasteiger partial charge in [0.2, 0.25) is 5.89 Å². The fourth-order valence-corrected chi connectivity index (χ4v) is 1.29. The van der Waals surface area contributed by atoms with E-state index in [1.807, 2.05) is 19.1 Å². The Morgan fingerprint density at radius 3 is 3.07 bits per heavy atom. The van der Waals surface area contributed by atoms with Crippen LogP contribution in [0.2, 0.25) is 0 Å². The van der Waals surface area contributed by atoms with Crippen molar-refractivity contribution in [1.29, 1.82) is 0 Å². The summed E-state index contributed by atoms with van der Waals surface area (Å²) in [5.41, 5.74) is 5.62. The standard InChI is InChI=1S/C10H13N3O2/c1-7(11)5-10-12-9(13-15-10)6-8-3-2-4-14-8/h2-4,7H,5-6,11H2,1H3. The van der Waals surface area contributed by atoms with Gasteiger partial charge in [0, 0.05) is 12.5 Å². The Kier molecular flexibility index (Phi) is 2.82. The average molecular weight is 207 g/mol. The molecule has 0 aliphatic carbocycles. The molecule has 0 fully saturated rings. The van der Waals surface area contributed by atoms with E-state index in [2.05, 4.69) is 10.1 Å². The second-order valence-electron chi connectivity index (χ2n) is 3.54. The molecule has 0 amide bonds. The summed E-state index contributed by atoms with van der Waals surface area (Å²) in [6.45, 7) is 1.90. The molecule has 2 rings (SSSR count). The largest absolute Gasteiger partial charge is 0.469 e. The first-order valence-corrected chi connectivity index (χ1v) is 4.83. The van der Waals surface area contributed by atoms with Crippen LogP contribution < -0.4 is 5.73 Å². The first kappa shape index (κ1) is 9.92. The molecule has 0 radical (unpaired) electrons. The highest BCUT2D eigenvalue weighted by Gasteiger charge is 2.09. The van der Waals surface area contributed by atoms with Gasteiger partial charge in [0.15, 0.2) is 5.82 Å². The lowest BCUT2D eigenvalue weighted by Crippen LogP contribution is -2.17. The molecule has 5 heteroatoms. The molecule has 15 heavy (non-hydrogen) atoms. The van der Waals surface area contributed by atoms with E-state index in [1.165, 1.54) is 0 Å². The summed E-state index contributed by atoms with van der Waals surface area (Å²) < 4.78 is 10.2. The van der Waals surface area contributed by atoms with Crippen LogP contribution in [0.25, 0.3) is 0 Å². The lowest BCUT2D eigenvalue weighted by molar-refractivity contribution is 0.366. The van der Waals surface area contributed by atoms with Gasteiger partial charge in [0.05, 0.1) is 12.7 Å². The van der Waals surface area contributed by atoms with Crippen molar-refractivity contribution in [3.8, 4) is 0 Å². The Bertz CT molecular complexity index is 406. The maximum atomic E-state index is 5.62. The van der Waals surface area contributed by atoms with Gasteiger partial charge in [0.25, 0.3) is 0 Å². The van der Waals surface area contributed by atoms with Gasteiger partial charge < -0.3 is 14.7 Å². The first-order valence-electron chi connectivity index (χ1n) is 4.83. The summed E-state index contributed by atoms with van der Waals surface area (Å²) in [5.74, 6) is 2.02. The van der Waals surface area contributed by atoms with Gasteiger partial charge in [0.1, 0.15) is 5.76 Å². The minimum Gasteiger partial charge on any atom is -0.469 e. The zero-order valence-electron chi connectivity index (χ0n) is 8.51. The number of nitrogens with two attached hydrogens (primary N) is 1. The van der Waals surface area contributed by atoms with Gasteiger partial charge in [-0.15, -0.1) is 0 Å². The molecule has 0 aliphatic rings. The topological polar surface area (TPSA) is 78.1 Å². The van der Waals surface area contributed by atoms with Crippen LogP contribution in [0, 0.1) is 0 Å². The quantitative estimate of drug-likeness (QED) is 0.813. The maximum Gasteiger partial charge on any atom is 0.228 e. The van der Waals surface area contributed by atoms with E-state index in [0.717, 1.165) is 5.76 Å². The van der Waals surface area contributed by atoms with Crippen molar-refractivity contribution in [1.82, 2.24) is 10.1 Å². The highest BCUT2D eigenvalue weighted by atomic mass is 16.5. The summed E-state index contributed by atoms with van der Waals surface area (Å²) in [4.78, 5) is 4.21. The van der Waals surface area contributed by atoms with Crippen molar-refractivity contribution in [2.75, 3.05) is 0 Å². The highest BCUT2D eigenvalue weighted by molar-refractivity contribution is 5.05. The molecule has 2 heterocycles. The summed E-state index contributed by atoms with van der Waals surface area (Å²) in [7, 11) is 0. The third-order valence-electron chi connectivity index (χ3n) is 1.92. The van der Waals surface area contributed by atoms with E-state index in [-0.39, 0.29) is 6.04 Å². The molecule has 80 valence electrons. The molecule has 0 bridgehead atoms. The summed E-state index contributed by atoms with van der Waals surface area (Å²) >= 11 is 0. The SMILES string of the molecule is CC(N)Cc1nc(Cc2ccco2)no1. The molecule has 2 aromatic heterocycles. The smallest absolute Gasteiger partial charge is 0.228 e. The van der Waals surface area contributed by atoms with Gasteiger partial charge in [-0.05, 0) is 19.1 Å². The van der Waals surface area contributed by atoms with E-state index in [0.29, 0.717) is 24.6 Å². The molecule has 0 aliphatic heterocycles. The fraction of sp³-hybridized carbons (Fsp3) is 0.400. The van der Waals surface area contributed by atoms with E-state index in [1.54, 1.807) is 6.26 Å². The molecule has 0 saturated heterocycles. The Morgan fingerprint density at radius 1 is 1.53 bits per heavy atom. The van der Waals surface area contributed by atoms with E-state index in [9.17, 15) is 0 Å². The molecular weight excluding hydrogens is 194 g/mol. The van der Waals surface area contributed by atoms with Gasteiger partial charge in [-0.25, -0.2) is 0 Å². The molecule has 2 aromatic rings. The van der Waals surface area contributed by atoms with Crippen LogP contribution in [-0.4, -0.2) is 16.2 Å². The van der Waals surface area contributed by atoms with Crippen molar-refractivity contribution in [3.05, 3.63) is 35.9 Å². The third kappa shape index (κ3) is 2.66. The predicted octanol–water partition coefficient (Wildman–Crippen LogP) is 1.14. The van der Waals surface area contributed by atoms with E-state index >= 15 is 0 Å². The second kappa shape index (κ2) is 4.27. The van der Waals surface area contributed by atoms with Crippen LogP contribution in [-0.2, 0) is 12.8 Å². The molecule has 5 nitrogen and oxygen atoms in total. The molecular formula is C10H13N3O2. The van der Waals surface area contributed by atoms with Crippen LogP contribution in [0.1, 0.15) is 24.4 Å².